The Balaban J connectivity index is 1.61. The molecule has 0 bridgehead atoms. The molecule has 0 aliphatic carbocycles. The highest BCUT2D eigenvalue weighted by Crippen LogP contribution is 2.25. The van der Waals surface area contributed by atoms with Gasteiger partial charge in [0, 0.05) is 17.5 Å². The molecule has 1 aromatic carbocycles. The first-order chi connectivity index (χ1) is 11.9. The maximum Gasteiger partial charge on any atom is 0.196 e. The summed E-state index contributed by atoms with van der Waals surface area (Å²) in [7, 11) is 0. The Hall–Kier alpha value is -2.12. The number of para-hydroxylation sites is 1. The van der Waals surface area contributed by atoms with Gasteiger partial charge >= 0.3 is 0 Å². The summed E-state index contributed by atoms with van der Waals surface area (Å²) >= 11 is 1.63. The van der Waals surface area contributed by atoms with Gasteiger partial charge in [-0.25, -0.2) is 0 Å². The van der Waals surface area contributed by atoms with Crippen LogP contribution >= 0.6 is 11.8 Å². The van der Waals surface area contributed by atoms with Crippen molar-refractivity contribution >= 4 is 11.8 Å². The van der Waals surface area contributed by atoms with E-state index in [1.807, 2.05) is 24.3 Å². The summed E-state index contributed by atoms with van der Waals surface area (Å²) in [6.07, 6.45) is 4.14. The van der Waals surface area contributed by atoms with Crippen molar-refractivity contribution in [3.8, 4) is 5.69 Å². The van der Waals surface area contributed by atoms with Crippen molar-refractivity contribution in [3.63, 3.8) is 0 Å². The summed E-state index contributed by atoms with van der Waals surface area (Å²) in [4.78, 5) is 2.44. The van der Waals surface area contributed by atoms with Crippen molar-refractivity contribution < 1.29 is 4.52 Å². The van der Waals surface area contributed by atoms with Gasteiger partial charge in [0.2, 0.25) is 0 Å². The molecular weight excluding hydrogens is 322 g/mol. The van der Waals surface area contributed by atoms with Gasteiger partial charge in [-0.05, 0) is 38.1 Å². The highest BCUT2D eigenvalue weighted by Gasteiger charge is 2.19. The largest absolute Gasteiger partial charge is 0.364 e. The van der Waals surface area contributed by atoms with Crippen LogP contribution in [0.25, 0.3) is 5.69 Å². The molecule has 1 fully saturated rings. The molecule has 0 spiro atoms. The zero-order valence-corrected chi connectivity index (χ0v) is 14.2. The number of hydrogen-bond donors (Lipinski definition) is 0. The average Bonchev–Trinajstić information content (AvgIpc) is 3.37. The van der Waals surface area contributed by atoms with Gasteiger partial charge in [-0.1, -0.05) is 35.1 Å². The van der Waals surface area contributed by atoms with Crippen LogP contribution in [0.1, 0.15) is 24.4 Å². The minimum absolute atomic E-state index is 0.713. The summed E-state index contributed by atoms with van der Waals surface area (Å²) < 4.78 is 7.05. The third kappa shape index (κ3) is 3.37. The number of aromatic nitrogens is 4. The molecule has 0 radical (unpaired) electrons. The van der Waals surface area contributed by atoms with Gasteiger partial charge < -0.3 is 4.52 Å². The first-order valence-corrected chi connectivity index (χ1v) is 9.13. The van der Waals surface area contributed by atoms with E-state index < -0.39 is 0 Å². The van der Waals surface area contributed by atoms with Gasteiger partial charge in [0.25, 0.3) is 0 Å². The molecular formula is C17H19N5OS. The smallest absolute Gasteiger partial charge is 0.196 e. The third-order valence-electron chi connectivity index (χ3n) is 4.12. The summed E-state index contributed by atoms with van der Waals surface area (Å²) in [5, 5.41) is 13.7. The maximum absolute atomic E-state index is 4.90. The van der Waals surface area contributed by atoms with Crippen LogP contribution in [0.3, 0.4) is 0 Å². The predicted octanol–water partition coefficient (Wildman–Crippen LogP) is 3.14. The van der Waals surface area contributed by atoms with Crippen LogP contribution in [0.2, 0.25) is 0 Å². The van der Waals surface area contributed by atoms with Crippen molar-refractivity contribution in [1.29, 1.82) is 0 Å². The molecule has 124 valence electrons. The number of likely N-dealkylation sites (tertiary alicyclic amines) is 1. The van der Waals surface area contributed by atoms with E-state index in [-0.39, 0.29) is 0 Å². The molecule has 0 saturated carbocycles. The molecule has 2 aromatic heterocycles. The molecule has 1 aliphatic rings. The molecule has 4 rings (SSSR count). The molecule has 1 saturated heterocycles. The van der Waals surface area contributed by atoms with E-state index in [1.165, 1.54) is 12.8 Å². The SMILES string of the molecule is c1ccc(-n2c(CN3CCCC3)nnc2SCc2ccon2)cc1. The Bertz CT molecular complexity index is 766. The lowest BCUT2D eigenvalue weighted by atomic mass is 10.3. The molecule has 7 heteroatoms. The molecule has 0 atom stereocenters. The fraction of sp³-hybridized carbons (Fsp3) is 0.353. The van der Waals surface area contributed by atoms with Crippen LogP contribution in [0.15, 0.2) is 52.3 Å². The van der Waals surface area contributed by atoms with Crippen molar-refractivity contribution in [3.05, 3.63) is 54.2 Å². The number of thioether (sulfide) groups is 1. The minimum Gasteiger partial charge on any atom is -0.364 e. The Labute approximate surface area is 144 Å². The van der Waals surface area contributed by atoms with Crippen LogP contribution in [0.4, 0.5) is 0 Å². The van der Waals surface area contributed by atoms with Gasteiger partial charge in [-0.2, -0.15) is 0 Å². The molecule has 6 nitrogen and oxygen atoms in total. The number of rotatable bonds is 6. The minimum atomic E-state index is 0.713. The van der Waals surface area contributed by atoms with E-state index in [1.54, 1.807) is 18.0 Å². The van der Waals surface area contributed by atoms with Crippen molar-refractivity contribution in [1.82, 2.24) is 24.8 Å². The lowest BCUT2D eigenvalue weighted by Crippen LogP contribution is -2.21. The van der Waals surface area contributed by atoms with Gasteiger partial charge in [-0.15, -0.1) is 10.2 Å². The lowest BCUT2D eigenvalue weighted by Gasteiger charge is -2.15. The topological polar surface area (TPSA) is 60.0 Å². The fourth-order valence-corrected chi connectivity index (χ4v) is 3.79. The van der Waals surface area contributed by atoms with E-state index in [2.05, 4.69) is 37.0 Å². The Morgan fingerprint density at radius 1 is 1.04 bits per heavy atom. The van der Waals surface area contributed by atoms with Gasteiger partial charge in [0.1, 0.15) is 6.26 Å². The van der Waals surface area contributed by atoms with E-state index in [4.69, 9.17) is 4.52 Å². The first-order valence-electron chi connectivity index (χ1n) is 8.14. The van der Waals surface area contributed by atoms with Gasteiger partial charge in [0.05, 0.1) is 12.2 Å². The summed E-state index contributed by atoms with van der Waals surface area (Å²) in [6.45, 7) is 3.12. The fourth-order valence-electron chi connectivity index (χ4n) is 2.92. The maximum atomic E-state index is 4.90. The third-order valence-corrected chi connectivity index (χ3v) is 5.08. The van der Waals surface area contributed by atoms with Gasteiger partial charge in [-0.3, -0.25) is 9.47 Å². The van der Waals surface area contributed by atoms with E-state index in [9.17, 15) is 0 Å². The van der Waals surface area contributed by atoms with Crippen LogP contribution in [0, 0.1) is 0 Å². The second kappa shape index (κ2) is 7.19. The second-order valence-corrected chi connectivity index (χ2v) is 6.77. The predicted molar refractivity (Wildman–Crippen MR) is 91.9 cm³/mol. The monoisotopic (exact) mass is 341 g/mol. The van der Waals surface area contributed by atoms with Crippen molar-refractivity contribution in [2.75, 3.05) is 13.1 Å². The zero-order valence-electron chi connectivity index (χ0n) is 13.3. The van der Waals surface area contributed by atoms with Crippen LogP contribution < -0.4 is 0 Å². The molecule has 0 N–H and O–H groups in total. The standard InChI is InChI=1S/C17H19N5OS/c1-2-6-15(7-3-1)22-16(12-21-9-4-5-10-21)18-19-17(22)24-13-14-8-11-23-20-14/h1-3,6-8,11H,4-5,9-10,12-13H2. The quantitative estimate of drug-likeness (QED) is 0.642. The normalized spacial score (nSPS) is 15.2. The van der Waals surface area contributed by atoms with Crippen molar-refractivity contribution in [2.45, 2.75) is 30.3 Å². The number of nitrogens with zero attached hydrogens (tertiary/aromatic N) is 5. The van der Waals surface area contributed by atoms with E-state index >= 15 is 0 Å². The van der Waals surface area contributed by atoms with E-state index in [0.717, 1.165) is 42.0 Å². The van der Waals surface area contributed by atoms with Crippen molar-refractivity contribution in [2.24, 2.45) is 0 Å². The number of benzene rings is 1. The molecule has 3 aromatic rings. The Morgan fingerprint density at radius 2 is 1.88 bits per heavy atom. The number of hydrogen-bond acceptors (Lipinski definition) is 6. The highest BCUT2D eigenvalue weighted by molar-refractivity contribution is 7.98. The first kappa shape index (κ1) is 15.4. The molecule has 3 heterocycles. The average molecular weight is 341 g/mol. The molecule has 24 heavy (non-hydrogen) atoms. The van der Waals surface area contributed by atoms with Gasteiger partial charge in [0.15, 0.2) is 11.0 Å². The molecule has 0 unspecified atom stereocenters. The lowest BCUT2D eigenvalue weighted by molar-refractivity contribution is 0.319. The van der Waals surface area contributed by atoms with Crippen LogP contribution in [0.5, 0.6) is 0 Å². The highest BCUT2D eigenvalue weighted by atomic mass is 32.2. The summed E-state index contributed by atoms with van der Waals surface area (Å²) in [5.41, 5.74) is 2.00. The molecule has 1 aliphatic heterocycles. The summed E-state index contributed by atoms with van der Waals surface area (Å²) in [5.74, 6) is 1.70. The van der Waals surface area contributed by atoms with E-state index in [0.29, 0.717) is 5.75 Å². The zero-order chi connectivity index (χ0) is 16.2. The second-order valence-electron chi connectivity index (χ2n) is 5.83. The molecule has 0 amide bonds. The summed E-state index contributed by atoms with van der Waals surface area (Å²) in [6, 6.07) is 12.2. The Morgan fingerprint density at radius 3 is 2.62 bits per heavy atom. The Kier molecular flexibility index (Phi) is 4.62. The van der Waals surface area contributed by atoms with Crippen LogP contribution in [-0.4, -0.2) is 37.9 Å². The van der Waals surface area contributed by atoms with Crippen LogP contribution in [-0.2, 0) is 12.3 Å².